The summed E-state index contributed by atoms with van der Waals surface area (Å²) in [5.41, 5.74) is 3.58. The molecule has 0 aliphatic rings. The van der Waals surface area contributed by atoms with E-state index in [4.69, 9.17) is 25.8 Å². The van der Waals surface area contributed by atoms with Crippen LogP contribution in [-0.4, -0.2) is 29.2 Å². The second kappa shape index (κ2) is 13.2. The first-order chi connectivity index (χ1) is 19.6. The van der Waals surface area contributed by atoms with E-state index in [9.17, 15) is 4.79 Å². The lowest BCUT2D eigenvalue weighted by Crippen LogP contribution is -2.22. The van der Waals surface area contributed by atoms with Gasteiger partial charge in [0.2, 0.25) is 0 Å². The Hall–Kier alpha value is -3.55. The molecule has 0 aliphatic carbocycles. The monoisotopic (exact) mass is 576 g/mol. The van der Waals surface area contributed by atoms with E-state index < -0.39 is 0 Å². The number of thiazole rings is 1. The molecule has 0 N–H and O–H groups in total. The summed E-state index contributed by atoms with van der Waals surface area (Å²) < 4.78 is 19.9. The van der Waals surface area contributed by atoms with Crippen molar-refractivity contribution in [2.24, 2.45) is 0 Å². The van der Waals surface area contributed by atoms with Crippen LogP contribution in [0.15, 0.2) is 65.5 Å². The predicted molar refractivity (Wildman–Crippen MR) is 164 cm³/mol. The molecule has 0 saturated heterocycles. The van der Waals surface area contributed by atoms with Crippen molar-refractivity contribution < 1.29 is 14.2 Å². The van der Waals surface area contributed by atoms with Crippen molar-refractivity contribution in [2.45, 2.75) is 46.0 Å². The van der Waals surface area contributed by atoms with E-state index in [-0.39, 0.29) is 5.56 Å². The van der Waals surface area contributed by atoms with Crippen LogP contribution in [0, 0.1) is 0 Å². The summed E-state index contributed by atoms with van der Waals surface area (Å²) in [6.07, 6.45) is 7.95. The molecule has 8 heteroatoms. The molecule has 0 amide bonds. The zero-order chi connectivity index (χ0) is 27.9. The van der Waals surface area contributed by atoms with Crippen molar-refractivity contribution in [3.63, 3.8) is 0 Å². The number of aryl methyl sites for hydroxylation is 1. The second-order valence-electron chi connectivity index (χ2n) is 9.55. The highest BCUT2D eigenvalue weighted by Crippen LogP contribution is 2.37. The van der Waals surface area contributed by atoms with E-state index in [1.54, 1.807) is 10.5 Å². The van der Waals surface area contributed by atoms with Gasteiger partial charge in [-0.15, -0.1) is 0 Å². The normalized spacial score (nSPS) is 11.9. The van der Waals surface area contributed by atoms with E-state index in [0.717, 1.165) is 28.8 Å². The number of unbranched alkanes of at least 4 members (excludes halogenated alkanes) is 3. The molecule has 208 valence electrons. The lowest BCUT2D eigenvalue weighted by atomic mass is 10.1. The van der Waals surface area contributed by atoms with Gasteiger partial charge in [-0.25, -0.2) is 9.38 Å². The van der Waals surface area contributed by atoms with Crippen molar-refractivity contribution in [3.8, 4) is 17.2 Å². The summed E-state index contributed by atoms with van der Waals surface area (Å²) in [6, 6.07) is 19.5. The molecular weight excluding hydrogens is 544 g/mol. The molecular formula is C32H33ClN2O4S. The number of benzene rings is 3. The van der Waals surface area contributed by atoms with Gasteiger partial charge in [0.15, 0.2) is 16.5 Å². The molecule has 5 aromatic rings. The molecule has 6 nitrogen and oxygen atoms in total. The fourth-order valence-corrected chi connectivity index (χ4v) is 5.91. The number of ether oxygens (including phenoxy) is 3. The summed E-state index contributed by atoms with van der Waals surface area (Å²) in [4.78, 5) is 18.4. The van der Waals surface area contributed by atoms with E-state index in [2.05, 4.69) is 24.0 Å². The maximum atomic E-state index is 13.2. The Kier molecular flexibility index (Phi) is 9.24. The second-order valence-corrected chi connectivity index (χ2v) is 11.0. The maximum Gasteiger partial charge on any atom is 0.274 e. The Morgan fingerprint density at radius 2 is 1.75 bits per heavy atom. The number of fused-ring (bicyclic) bond motifs is 3. The predicted octanol–water partition coefficient (Wildman–Crippen LogP) is 7.09. The molecule has 0 bridgehead atoms. The van der Waals surface area contributed by atoms with Gasteiger partial charge in [0.25, 0.3) is 5.56 Å². The molecule has 0 atom stereocenters. The Balaban J connectivity index is 1.25. The zero-order valence-electron chi connectivity index (χ0n) is 22.8. The minimum atomic E-state index is -0.107. The third-order valence-electron chi connectivity index (χ3n) is 6.62. The van der Waals surface area contributed by atoms with Crippen molar-refractivity contribution >= 4 is 45.0 Å². The molecule has 0 fully saturated rings. The average molecular weight is 577 g/mol. The number of halogens is 1. The smallest absolute Gasteiger partial charge is 0.274 e. The topological polar surface area (TPSA) is 62.1 Å². The van der Waals surface area contributed by atoms with E-state index in [1.807, 2.05) is 55.5 Å². The van der Waals surface area contributed by atoms with Gasteiger partial charge in [0.1, 0.15) is 19.0 Å². The summed E-state index contributed by atoms with van der Waals surface area (Å²) in [5.74, 6) is 1.79. The standard InChI is InChI=1S/C32H33ClN2O4S/c1-3-5-6-7-10-22-13-15-24(16-14-22)38-17-18-39-30-25(33)19-23(20-28(30)37-4-2)21-29-31(36)35-27-12-9-8-11-26(27)34-32(35)40-29/h8-9,11-16,19-21H,3-7,10,17-18H2,1-2H3/b29-21-. The van der Waals surface area contributed by atoms with Crippen LogP contribution in [0.3, 0.4) is 0 Å². The number of rotatable bonds is 13. The highest BCUT2D eigenvalue weighted by molar-refractivity contribution is 7.15. The summed E-state index contributed by atoms with van der Waals surface area (Å²) in [7, 11) is 0. The SMILES string of the molecule is CCCCCCc1ccc(OCCOc2c(Cl)cc(/C=c3\sc4nc5ccccc5n4c3=O)cc2OCC)cc1. The van der Waals surface area contributed by atoms with Gasteiger partial charge < -0.3 is 14.2 Å². The molecule has 2 heterocycles. The van der Waals surface area contributed by atoms with E-state index in [0.29, 0.717) is 45.8 Å². The fraction of sp³-hybridized carbons (Fsp3) is 0.312. The minimum absolute atomic E-state index is 0.107. The van der Waals surface area contributed by atoms with Crippen molar-refractivity contribution in [3.05, 3.63) is 91.7 Å². The molecule has 0 aliphatic heterocycles. The minimum Gasteiger partial charge on any atom is -0.490 e. The van der Waals surface area contributed by atoms with Gasteiger partial charge in [0, 0.05) is 0 Å². The molecule has 0 saturated carbocycles. The molecule has 0 unspecified atom stereocenters. The first-order valence-corrected chi connectivity index (χ1v) is 15.0. The fourth-order valence-electron chi connectivity index (χ4n) is 4.65. The third kappa shape index (κ3) is 6.43. The van der Waals surface area contributed by atoms with Gasteiger partial charge in [-0.2, -0.15) is 0 Å². The maximum absolute atomic E-state index is 13.2. The Morgan fingerprint density at radius 3 is 2.55 bits per heavy atom. The zero-order valence-corrected chi connectivity index (χ0v) is 24.4. The number of para-hydroxylation sites is 2. The first kappa shape index (κ1) is 28.0. The van der Waals surface area contributed by atoms with Gasteiger partial charge in [-0.1, -0.05) is 73.4 Å². The van der Waals surface area contributed by atoms with Crippen LogP contribution >= 0.6 is 22.9 Å². The van der Waals surface area contributed by atoms with Gasteiger partial charge in [0.05, 0.1) is 27.2 Å². The largest absolute Gasteiger partial charge is 0.490 e. The van der Waals surface area contributed by atoms with Crippen molar-refractivity contribution in [1.82, 2.24) is 9.38 Å². The number of aromatic nitrogens is 2. The first-order valence-electron chi connectivity index (χ1n) is 13.8. The molecule has 3 aromatic carbocycles. The number of nitrogens with zero attached hydrogens (tertiary/aromatic N) is 2. The van der Waals surface area contributed by atoms with Gasteiger partial charge in [-0.3, -0.25) is 4.79 Å². The Labute approximate surface area is 242 Å². The van der Waals surface area contributed by atoms with Crippen LogP contribution in [0.4, 0.5) is 0 Å². The quantitative estimate of drug-likeness (QED) is 0.140. The van der Waals surface area contributed by atoms with Gasteiger partial charge >= 0.3 is 0 Å². The third-order valence-corrected chi connectivity index (χ3v) is 7.86. The van der Waals surface area contributed by atoms with E-state index in [1.165, 1.54) is 42.6 Å². The summed E-state index contributed by atoms with van der Waals surface area (Å²) >= 11 is 7.98. The van der Waals surface area contributed by atoms with Crippen LogP contribution < -0.4 is 24.3 Å². The Morgan fingerprint density at radius 1 is 0.950 bits per heavy atom. The molecule has 0 spiro atoms. The summed E-state index contributed by atoms with van der Waals surface area (Å²) in [6.45, 7) is 5.25. The molecule has 5 rings (SSSR count). The molecule has 0 radical (unpaired) electrons. The lowest BCUT2D eigenvalue weighted by molar-refractivity contribution is 0.208. The average Bonchev–Trinajstić information content (AvgIpc) is 3.46. The molecule has 2 aromatic heterocycles. The number of imidazole rings is 1. The number of hydrogen-bond donors (Lipinski definition) is 0. The van der Waals surface area contributed by atoms with Crippen molar-refractivity contribution in [2.75, 3.05) is 19.8 Å². The van der Waals surface area contributed by atoms with Crippen molar-refractivity contribution in [1.29, 1.82) is 0 Å². The van der Waals surface area contributed by atoms with Crippen LogP contribution in [0.25, 0.3) is 22.1 Å². The van der Waals surface area contributed by atoms with Crippen LogP contribution in [0.2, 0.25) is 5.02 Å². The highest BCUT2D eigenvalue weighted by atomic mass is 35.5. The number of hydrogen-bond acceptors (Lipinski definition) is 6. The lowest BCUT2D eigenvalue weighted by Gasteiger charge is -2.15. The van der Waals surface area contributed by atoms with Crippen LogP contribution in [0.5, 0.6) is 17.2 Å². The Bertz CT molecular complexity index is 1690. The summed E-state index contributed by atoms with van der Waals surface area (Å²) in [5, 5.41) is 0.406. The van der Waals surface area contributed by atoms with E-state index >= 15 is 0 Å². The van der Waals surface area contributed by atoms with Crippen LogP contribution in [-0.2, 0) is 6.42 Å². The molecule has 40 heavy (non-hydrogen) atoms. The van der Waals surface area contributed by atoms with Gasteiger partial charge in [-0.05, 0) is 73.4 Å². The van der Waals surface area contributed by atoms with Crippen LogP contribution in [0.1, 0.15) is 50.7 Å². The highest BCUT2D eigenvalue weighted by Gasteiger charge is 2.14.